The molecule has 1 saturated heterocycles. The maximum absolute atomic E-state index is 13.0. The number of fused-ring (bicyclic) bond motifs is 2. The van der Waals surface area contributed by atoms with Crippen LogP contribution in [0.4, 0.5) is 11.4 Å². The summed E-state index contributed by atoms with van der Waals surface area (Å²) in [7, 11) is 2.20. The van der Waals surface area contributed by atoms with Crippen molar-refractivity contribution in [3.63, 3.8) is 0 Å². The Kier molecular flexibility index (Phi) is 5.20. The fourth-order valence-electron chi connectivity index (χ4n) is 5.20. The first-order chi connectivity index (χ1) is 15.1. The SMILES string of the molecule is CN1CCCC2(C1)CN(Cc1cccnc1)c1ccc(C(=O)Nc3ccccc3)cc12. The van der Waals surface area contributed by atoms with Crippen molar-refractivity contribution < 1.29 is 4.79 Å². The molecule has 3 heterocycles. The van der Waals surface area contributed by atoms with Gasteiger partial charge in [-0.15, -0.1) is 0 Å². The zero-order valence-corrected chi connectivity index (χ0v) is 17.9. The lowest BCUT2D eigenvalue weighted by molar-refractivity contribution is 0.102. The third kappa shape index (κ3) is 3.93. The molecule has 3 aromatic rings. The van der Waals surface area contributed by atoms with Crippen LogP contribution >= 0.6 is 0 Å². The molecule has 5 heteroatoms. The van der Waals surface area contributed by atoms with Gasteiger partial charge in [0.05, 0.1) is 0 Å². The molecule has 1 unspecified atom stereocenters. The Labute approximate surface area is 183 Å². The van der Waals surface area contributed by atoms with E-state index in [1.165, 1.54) is 23.2 Å². The minimum Gasteiger partial charge on any atom is -0.366 e. The van der Waals surface area contributed by atoms with Crippen LogP contribution in [0, 0.1) is 0 Å². The lowest BCUT2D eigenvalue weighted by Crippen LogP contribution is -2.47. The molecule has 0 aliphatic carbocycles. The van der Waals surface area contributed by atoms with Crippen molar-refractivity contribution in [2.24, 2.45) is 0 Å². The van der Waals surface area contributed by atoms with Gasteiger partial charge >= 0.3 is 0 Å². The largest absolute Gasteiger partial charge is 0.366 e. The van der Waals surface area contributed by atoms with Gasteiger partial charge in [-0.3, -0.25) is 9.78 Å². The van der Waals surface area contributed by atoms with Gasteiger partial charge in [-0.25, -0.2) is 0 Å². The van der Waals surface area contributed by atoms with Gasteiger partial charge in [0.1, 0.15) is 0 Å². The number of amides is 1. The Morgan fingerprint density at radius 1 is 1.10 bits per heavy atom. The average Bonchev–Trinajstić information content (AvgIpc) is 3.07. The van der Waals surface area contributed by atoms with Crippen LogP contribution in [0.15, 0.2) is 73.1 Å². The maximum atomic E-state index is 13.0. The smallest absolute Gasteiger partial charge is 0.255 e. The van der Waals surface area contributed by atoms with Gasteiger partial charge in [0.2, 0.25) is 0 Å². The first kappa shape index (κ1) is 19.8. The highest BCUT2D eigenvalue weighted by molar-refractivity contribution is 6.04. The van der Waals surface area contributed by atoms with Crippen LogP contribution in [0.2, 0.25) is 0 Å². The third-order valence-electron chi connectivity index (χ3n) is 6.56. The van der Waals surface area contributed by atoms with Gasteiger partial charge in [-0.05, 0) is 74.0 Å². The highest BCUT2D eigenvalue weighted by Crippen LogP contribution is 2.46. The summed E-state index contributed by atoms with van der Waals surface area (Å²) in [5.41, 5.74) is 5.37. The second-order valence-electron chi connectivity index (χ2n) is 8.89. The Morgan fingerprint density at radius 3 is 2.74 bits per heavy atom. The molecule has 2 aliphatic rings. The van der Waals surface area contributed by atoms with Gasteiger partial charge in [0, 0.05) is 54.4 Å². The molecule has 1 amide bonds. The van der Waals surface area contributed by atoms with E-state index in [0.717, 1.165) is 43.9 Å². The van der Waals surface area contributed by atoms with Crippen LogP contribution in [-0.4, -0.2) is 42.5 Å². The lowest BCUT2D eigenvalue weighted by Gasteiger charge is -2.39. The van der Waals surface area contributed by atoms with E-state index in [4.69, 9.17) is 0 Å². The van der Waals surface area contributed by atoms with Crippen LogP contribution in [0.1, 0.15) is 34.3 Å². The molecule has 1 N–H and O–H groups in total. The van der Waals surface area contributed by atoms with Crippen molar-refractivity contribution >= 4 is 17.3 Å². The number of anilines is 2. The Hall–Kier alpha value is -3.18. The van der Waals surface area contributed by atoms with Crippen molar-refractivity contribution in [3.8, 4) is 0 Å². The molecule has 1 aromatic heterocycles. The standard InChI is InChI=1S/C26H28N4O/c1-29-14-6-12-26(18-29)19-30(17-20-7-5-13-27-16-20)24-11-10-21(15-23(24)26)25(31)28-22-8-3-2-4-9-22/h2-5,7-11,13,15-16H,6,12,14,17-19H2,1H3,(H,28,31). The predicted octanol–water partition coefficient (Wildman–Crippen LogP) is 4.32. The van der Waals surface area contributed by atoms with Crippen molar-refractivity contribution in [3.05, 3.63) is 89.7 Å². The number of rotatable bonds is 4. The van der Waals surface area contributed by atoms with Crippen LogP contribution in [0.3, 0.4) is 0 Å². The molecular weight excluding hydrogens is 384 g/mol. The number of pyridine rings is 1. The average molecular weight is 413 g/mol. The molecule has 158 valence electrons. The van der Waals surface area contributed by atoms with Gasteiger partial charge in [-0.2, -0.15) is 0 Å². The number of hydrogen-bond acceptors (Lipinski definition) is 4. The topological polar surface area (TPSA) is 48.5 Å². The third-order valence-corrected chi connectivity index (χ3v) is 6.56. The highest BCUT2D eigenvalue weighted by atomic mass is 16.1. The molecule has 1 atom stereocenters. The van der Waals surface area contributed by atoms with Crippen LogP contribution in [0.25, 0.3) is 0 Å². The molecule has 31 heavy (non-hydrogen) atoms. The van der Waals surface area contributed by atoms with Crippen LogP contribution in [0.5, 0.6) is 0 Å². The predicted molar refractivity (Wildman–Crippen MR) is 125 cm³/mol. The van der Waals surface area contributed by atoms with E-state index in [0.29, 0.717) is 0 Å². The summed E-state index contributed by atoms with van der Waals surface area (Å²) >= 11 is 0. The van der Waals surface area contributed by atoms with E-state index in [2.05, 4.69) is 45.3 Å². The normalized spacial score (nSPS) is 20.6. The molecular formula is C26H28N4O. The van der Waals surface area contributed by atoms with Gasteiger partial charge in [0.25, 0.3) is 5.91 Å². The first-order valence-electron chi connectivity index (χ1n) is 11.0. The molecule has 0 bridgehead atoms. The molecule has 2 aliphatic heterocycles. The number of piperidine rings is 1. The molecule has 0 saturated carbocycles. The minimum absolute atomic E-state index is 0.0565. The number of aromatic nitrogens is 1. The fourth-order valence-corrected chi connectivity index (χ4v) is 5.20. The summed E-state index contributed by atoms with van der Waals surface area (Å²) in [6.07, 6.45) is 6.09. The van der Waals surface area contributed by atoms with E-state index >= 15 is 0 Å². The number of nitrogens with one attached hydrogen (secondary N) is 1. The first-order valence-corrected chi connectivity index (χ1v) is 11.0. The summed E-state index contributed by atoms with van der Waals surface area (Å²) < 4.78 is 0. The molecule has 1 spiro atoms. The number of carbonyl (C=O) groups excluding carboxylic acids is 1. The quantitative estimate of drug-likeness (QED) is 0.693. The number of carbonyl (C=O) groups is 1. The van der Waals surface area contributed by atoms with Crippen LogP contribution in [-0.2, 0) is 12.0 Å². The summed E-state index contributed by atoms with van der Waals surface area (Å²) in [5, 5.41) is 3.03. The number of likely N-dealkylation sites (tertiary alicyclic amines) is 1. The monoisotopic (exact) mass is 412 g/mol. The van der Waals surface area contributed by atoms with Gasteiger partial charge < -0.3 is 15.1 Å². The Bertz CT molecular complexity index is 1070. The highest BCUT2D eigenvalue weighted by Gasteiger charge is 2.45. The number of nitrogens with zero attached hydrogens (tertiary/aromatic N) is 3. The minimum atomic E-state index is -0.0565. The number of likely N-dealkylation sites (N-methyl/N-ethyl adjacent to an activating group) is 1. The molecule has 2 aromatic carbocycles. The molecule has 1 fully saturated rings. The zero-order chi connectivity index (χ0) is 21.3. The fraction of sp³-hybridized carbons (Fsp3) is 0.308. The van der Waals surface area contributed by atoms with Gasteiger partial charge in [0.15, 0.2) is 0 Å². The molecule has 5 nitrogen and oxygen atoms in total. The van der Waals surface area contributed by atoms with Crippen molar-refractivity contribution in [1.29, 1.82) is 0 Å². The summed E-state index contributed by atoms with van der Waals surface area (Å²) in [6.45, 7) is 3.97. The van der Waals surface area contributed by atoms with E-state index in [1.54, 1.807) is 0 Å². The van der Waals surface area contributed by atoms with Crippen molar-refractivity contribution in [2.75, 3.05) is 36.9 Å². The Balaban J connectivity index is 1.48. The second kappa shape index (κ2) is 8.16. The van der Waals surface area contributed by atoms with Crippen LogP contribution < -0.4 is 10.2 Å². The van der Waals surface area contributed by atoms with Crippen molar-refractivity contribution in [2.45, 2.75) is 24.8 Å². The summed E-state index contributed by atoms with van der Waals surface area (Å²) in [6, 6.07) is 20.0. The number of hydrogen-bond donors (Lipinski definition) is 1. The second-order valence-corrected chi connectivity index (χ2v) is 8.89. The van der Waals surface area contributed by atoms with E-state index in [1.807, 2.05) is 54.9 Å². The summed E-state index contributed by atoms with van der Waals surface area (Å²) in [4.78, 5) is 22.2. The number of benzene rings is 2. The number of para-hydroxylation sites is 1. The van der Waals surface area contributed by atoms with Gasteiger partial charge in [-0.1, -0.05) is 24.3 Å². The van der Waals surface area contributed by atoms with E-state index in [-0.39, 0.29) is 11.3 Å². The lowest BCUT2D eigenvalue weighted by atomic mass is 9.75. The van der Waals surface area contributed by atoms with E-state index in [9.17, 15) is 4.79 Å². The summed E-state index contributed by atoms with van der Waals surface area (Å²) in [5.74, 6) is -0.0565. The maximum Gasteiger partial charge on any atom is 0.255 e. The Morgan fingerprint density at radius 2 is 1.97 bits per heavy atom. The zero-order valence-electron chi connectivity index (χ0n) is 17.9. The molecule has 0 radical (unpaired) electrons. The van der Waals surface area contributed by atoms with E-state index < -0.39 is 0 Å². The van der Waals surface area contributed by atoms with Crippen molar-refractivity contribution in [1.82, 2.24) is 9.88 Å². The molecule has 5 rings (SSSR count).